The molecule has 3 heterocycles. The molecule has 1 atom stereocenters. The van der Waals surface area contributed by atoms with Gasteiger partial charge in [0.2, 0.25) is 11.8 Å². The van der Waals surface area contributed by atoms with Crippen molar-refractivity contribution in [2.75, 3.05) is 13.1 Å². The number of hydrogen-bond donors (Lipinski definition) is 2. The number of aromatic nitrogens is 3. The maximum atomic E-state index is 11.4. The van der Waals surface area contributed by atoms with Crippen molar-refractivity contribution in [2.45, 2.75) is 25.9 Å². The predicted octanol–water partition coefficient (Wildman–Crippen LogP) is 2.35. The van der Waals surface area contributed by atoms with E-state index >= 15 is 0 Å². The van der Waals surface area contributed by atoms with Crippen LogP contribution >= 0.6 is 0 Å². The Balaban J connectivity index is 0.00000171. The summed E-state index contributed by atoms with van der Waals surface area (Å²) in [4.78, 5) is 33.4. The minimum Gasteiger partial charge on any atom is -0.439 e. The molecule has 0 aliphatic carbocycles. The van der Waals surface area contributed by atoms with E-state index in [2.05, 4.69) is 20.2 Å². The molecular weight excluding hydrogens is 372 g/mol. The van der Waals surface area contributed by atoms with Gasteiger partial charge < -0.3 is 15.8 Å². The first-order valence-electron chi connectivity index (χ1n) is 9.37. The highest BCUT2D eigenvalue weighted by Gasteiger charge is 2.23. The van der Waals surface area contributed by atoms with Gasteiger partial charge in [0.1, 0.15) is 12.1 Å². The molecule has 29 heavy (non-hydrogen) atoms. The minimum absolute atomic E-state index is 0. The topological polar surface area (TPSA) is 115 Å². The summed E-state index contributed by atoms with van der Waals surface area (Å²) in [5.74, 6) is 1.05. The first-order valence-corrected chi connectivity index (χ1v) is 9.37. The van der Waals surface area contributed by atoms with Gasteiger partial charge in [-0.05, 0) is 30.7 Å². The standard InChI is InChI=1S/C20H22N6O3.2H2/c1-13(27)24-15-5-6-25(10-15)11-16-9-19(23-12-22-16)29-17-2-3-18-14(8-17)4-7-26(18)20(21)28;;/h2-4,7-9,12,15H,5-6,10-11H2,1H3,(H2,21,28)(H,24,27);2*1H. The van der Waals surface area contributed by atoms with Crippen LogP contribution in [0.3, 0.4) is 0 Å². The van der Waals surface area contributed by atoms with E-state index in [1.165, 1.54) is 17.8 Å². The van der Waals surface area contributed by atoms with Crippen LogP contribution in [0, 0.1) is 0 Å². The number of carbonyl (C=O) groups excluding carboxylic acids is 2. The summed E-state index contributed by atoms with van der Waals surface area (Å²) in [6.07, 6.45) is 4.04. The fraction of sp³-hybridized carbons (Fsp3) is 0.300. The second-order valence-electron chi connectivity index (χ2n) is 7.12. The Morgan fingerprint density at radius 1 is 1.31 bits per heavy atom. The number of primary amides is 1. The van der Waals surface area contributed by atoms with Crippen LogP contribution in [0.5, 0.6) is 11.6 Å². The molecule has 1 aliphatic heterocycles. The van der Waals surface area contributed by atoms with Crippen molar-refractivity contribution in [3.63, 3.8) is 0 Å². The molecule has 1 fully saturated rings. The number of nitrogens with zero attached hydrogens (tertiary/aromatic N) is 4. The minimum atomic E-state index is -0.531. The number of rotatable bonds is 5. The Hall–Kier alpha value is -3.46. The van der Waals surface area contributed by atoms with E-state index in [1.54, 1.807) is 24.4 Å². The number of ether oxygens (including phenoxy) is 1. The van der Waals surface area contributed by atoms with Gasteiger partial charge in [0.15, 0.2) is 0 Å². The number of nitrogens with two attached hydrogens (primary N) is 1. The van der Waals surface area contributed by atoms with Crippen molar-refractivity contribution in [3.05, 3.63) is 48.5 Å². The molecule has 4 rings (SSSR count). The predicted molar refractivity (Wildman–Crippen MR) is 111 cm³/mol. The molecule has 1 saturated heterocycles. The number of fused-ring (bicyclic) bond motifs is 1. The Labute approximate surface area is 170 Å². The molecule has 9 nitrogen and oxygen atoms in total. The molecule has 154 valence electrons. The highest BCUT2D eigenvalue weighted by molar-refractivity contribution is 5.91. The Kier molecular flexibility index (Phi) is 5.13. The first kappa shape index (κ1) is 18.9. The molecule has 1 aromatic carbocycles. The maximum Gasteiger partial charge on any atom is 0.323 e. The Morgan fingerprint density at radius 3 is 2.97 bits per heavy atom. The zero-order valence-electron chi connectivity index (χ0n) is 16.0. The third kappa shape index (κ3) is 4.35. The van der Waals surface area contributed by atoms with Crippen molar-refractivity contribution < 1.29 is 17.2 Å². The van der Waals surface area contributed by atoms with Gasteiger partial charge in [-0.3, -0.25) is 14.3 Å². The van der Waals surface area contributed by atoms with Crippen molar-refractivity contribution in [2.24, 2.45) is 5.73 Å². The molecule has 2 aromatic heterocycles. The summed E-state index contributed by atoms with van der Waals surface area (Å²) in [5, 5.41) is 3.80. The number of amides is 2. The first-order chi connectivity index (χ1) is 14.0. The summed E-state index contributed by atoms with van der Waals surface area (Å²) in [6, 6.07) is 8.64. The van der Waals surface area contributed by atoms with Gasteiger partial charge in [-0.25, -0.2) is 14.8 Å². The summed E-state index contributed by atoms with van der Waals surface area (Å²) < 4.78 is 7.26. The molecule has 1 unspecified atom stereocenters. The second-order valence-corrected chi connectivity index (χ2v) is 7.12. The summed E-state index contributed by atoms with van der Waals surface area (Å²) in [5.41, 5.74) is 6.92. The van der Waals surface area contributed by atoms with Gasteiger partial charge in [-0.1, -0.05) is 0 Å². The average Bonchev–Trinajstić information content (AvgIpc) is 3.28. The normalized spacial score (nSPS) is 16.8. The summed E-state index contributed by atoms with van der Waals surface area (Å²) in [6.45, 7) is 3.90. The van der Waals surface area contributed by atoms with Crippen LogP contribution in [-0.4, -0.2) is 50.5 Å². The number of likely N-dealkylation sites (tertiary alicyclic amines) is 1. The van der Waals surface area contributed by atoms with Crippen LogP contribution < -0.4 is 15.8 Å². The molecular formula is C20H26N6O3. The number of nitrogens with one attached hydrogen (secondary N) is 1. The molecule has 0 radical (unpaired) electrons. The quantitative estimate of drug-likeness (QED) is 0.682. The van der Waals surface area contributed by atoms with Crippen LogP contribution in [-0.2, 0) is 11.3 Å². The molecule has 9 heteroatoms. The highest BCUT2D eigenvalue weighted by atomic mass is 16.5. The second kappa shape index (κ2) is 7.88. The molecule has 0 saturated carbocycles. The van der Waals surface area contributed by atoms with E-state index in [-0.39, 0.29) is 14.8 Å². The van der Waals surface area contributed by atoms with Crippen LogP contribution in [0.25, 0.3) is 10.9 Å². The lowest BCUT2D eigenvalue weighted by Crippen LogP contribution is -2.35. The van der Waals surface area contributed by atoms with Crippen molar-refractivity contribution in [3.8, 4) is 11.6 Å². The van der Waals surface area contributed by atoms with Crippen LogP contribution in [0.1, 0.15) is 21.9 Å². The van der Waals surface area contributed by atoms with Crippen LogP contribution in [0.2, 0.25) is 0 Å². The van der Waals surface area contributed by atoms with Gasteiger partial charge in [-0.2, -0.15) is 0 Å². The third-order valence-corrected chi connectivity index (χ3v) is 4.89. The molecule has 3 aromatic rings. The molecule has 2 amide bonds. The highest BCUT2D eigenvalue weighted by Crippen LogP contribution is 2.25. The number of carbonyl (C=O) groups is 2. The Bertz CT molecular complexity index is 1070. The van der Waals surface area contributed by atoms with E-state index in [0.29, 0.717) is 18.2 Å². The number of benzene rings is 1. The number of hydrogen-bond acceptors (Lipinski definition) is 6. The zero-order valence-corrected chi connectivity index (χ0v) is 16.0. The average molecular weight is 398 g/mol. The fourth-order valence-corrected chi connectivity index (χ4v) is 3.63. The van der Waals surface area contributed by atoms with Crippen molar-refractivity contribution in [1.29, 1.82) is 0 Å². The van der Waals surface area contributed by atoms with E-state index in [1.807, 2.05) is 12.1 Å². The molecule has 0 bridgehead atoms. The van der Waals surface area contributed by atoms with E-state index in [0.717, 1.165) is 36.1 Å². The van der Waals surface area contributed by atoms with Gasteiger partial charge in [-0.15, -0.1) is 0 Å². The summed E-state index contributed by atoms with van der Waals surface area (Å²) >= 11 is 0. The van der Waals surface area contributed by atoms with Crippen LogP contribution in [0.15, 0.2) is 42.9 Å². The maximum absolute atomic E-state index is 11.4. The van der Waals surface area contributed by atoms with Gasteiger partial charge >= 0.3 is 6.03 Å². The Morgan fingerprint density at radius 2 is 2.17 bits per heavy atom. The summed E-state index contributed by atoms with van der Waals surface area (Å²) in [7, 11) is 0. The lowest BCUT2D eigenvalue weighted by molar-refractivity contribution is -0.119. The van der Waals surface area contributed by atoms with E-state index in [4.69, 9.17) is 10.5 Å². The van der Waals surface area contributed by atoms with E-state index < -0.39 is 6.03 Å². The lowest BCUT2D eigenvalue weighted by atomic mass is 10.2. The third-order valence-electron chi connectivity index (χ3n) is 4.89. The smallest absolute Gasteiger partial charge is 0.323 e. The van der Waals surface area contributed by atoms with Crippen molar-refractivity contribution >= 4 is 22.8 Å². The largest absolute Gasteiger partial charge is 0.439 e. The SMILES string of the molecule is CC(=O)NC1CCN(Cc2cc(Oc3ccc4c(ccn4C(N)=O)c3)ncn2)C1.[HH].[HH]. The zero-order chi connectivity index (χ0) is 20.4. The van der Waals surface area contributed by atoms with Gasteiger partial charge in [0.05, 0.1) is 11.2 Å². The van der Waals surface area contributed by atoms with Crippen molar-refractivity contribution in [1.82, 2.24) is 24.8 Å². The fourth-order valence-electron chi connectivity index (χ4n) is 3.63. The lowest BCUT2D eigenvalue weighted by Gasteiger charge is -2.16. The van der Waals surface area contributed by atoms with Crippen LogP contribution in [0.4, 0.5) is 4.79 Å². The van der Waals surface area contributed by atoms with Gasteiger partial charge in [0, 0.05) is 53.1 Å². The molecule has 3 N–H and O–H groups in total. The monoisotopic (exact) mass is 398 g/mol. The van der Waals surface area contributed by atoms with E-state index in [9.17, 15) is 9.59 Å². The van der Waals surface area contributed by atoms with Gasteiger partial charge in [0.25, 0.3) is 0 Å². The molecule has 0 spiro atoms. The molecule has 1 aliphatic rings.